The highest BCUT2D eigenvalue weighted by molar-refractivity contribution is 5.95. The average molecular weight is 239 g/mol. The molecule has 1 aromatic heterocycles. The van der Waals surface area contributed by atoms with Gasteiger partial charge in [0.25, 0.3) is 5.91 Å². The Kier molecular flexibility index (Phi) is 4.69. The van der Waals surface area contributed by atoms with E-state index in [1.54, 1.807) is 17.9 Å². The van der Waals surface area contributed by atoms with E-state index in [0.717, 1.165) is 12.1 Å². The van der Waals surface area contributed by atoms with Gasteiger partial charge in [0.05, 0.1) is 11.3 Å². The topological polar surface area (TPSA) is 67.2 Å². The highest BCUT2D eigenvalue weighted by atomic mass is 16.3. The van der Waals surface area contributed by atoms with E-state index in [9.17, 15) is 4.79 Å². The van der Waals surface area contributed by atoms with Gasteiger partial charge in [0.2, 0.25) is 0 Å². The van der Waals surface area contributed by atoms with Gasteiger partial charge in [-0.15, -0.1) is 0 Å². The molecule has 17 heavy (non-hydrogen) atoms. The number of aliphatic hydroxyl groups excluding tert-OH is 1. The molecular weight excluding hydrogens is 218 g/mol. The van der Waals surface area contributed by atoms with Crippen LogP contribution in [0.2, 0.25) is 0 Å². The Morgan fingerprint density at radius 3 is 2.76 bits per heavy atom. The molecule has 1 heterocycles. The molecule has 5 heteroatoms. The van der Waals surface area contributed by atoms with Crippen molar-refractivity contribution in [2.24, 2.45) is 13.0 Å². The molecule has 1 rings (SSSR count). The van der Waals surface area contributed by atoms with Gasteiger partial charge in [-0.1, -0.05) is 13.8 Å². The molecule has 0 radical (unpaired) electrons. The highest BCUT2D eigenvalue weighted by Crippen LogP contribution is 2.09. The third kappa shape index (κ3) is 3.30. The van der Waals surface area contributed by atoms with E-state index in [1.807, 2.05) is 20.8 Å². The predicted octanol–water partition coefficient (Wildman–Crippen LogP) is 0.729. The van der Waals surface area contributed by atoms with Gasteiger partial charge in [-0.25, -0.2) is 0 Å². The zero-order valence-corrected chi connectivity index (χ0v) is 10.9. The van der Waals surface area contributed by atoms with Gasteiger partial charge in [-0.05, 0) is 19.3 Å². The molecule has 1 amide bonds. The van der Waals surface area contributed by atoms with Gasteiger partial charge in [0.1, 0.15) is 0 Å². The maximum atomic E-state index is 12.0. The molecule has 0 saturated heterocycles. The van der Waals surface area contributed by atoms with Crippen LogP contribution in [0.15, 0.2) is 6.20 Å². The molecule has 0 spiro atoms. The molecule has 1 aromatic rings. The Bertz CT molecular complexity index is 387. The van der Waals surface area contributed by atoms with Gasteiger partial charge in [0, 0.05) is 25.9 Å². The molecule has 96 valence electrons. The van der Waals surface area contributed by atoms with E-state index in [4.69, 9.17) is 5.11 Å². The molecule has 5 nitrogen and oxygen atoms in total. The fraction of sp³-hybridized carbons (Fsp3) is 0.667. The SMILES string of the molecule is CCc1nn(C)cc1C(=O)NC(C)C(C)CO. The van der Waals surface area contributed by atoms with Crippen LogP contribution in [-0.2, 0) is 13.5 Å². The first-order chi connectivity index (χ1) is 7.99. The lowest BCUT2D eigenvalue weighted by Gasteiger charge is -2.19. The highest BCUT2D eigenvalue weighted by Gasteiger charge is 2.18. The van der Waals surface area contributed by atoms with Crippen molar-refractivity contribution in [3.63, 3.8) is 0 Å². The van der Waals surface area contributed by atoms with Crippen molar-refractivity contribution in [2.45, 2.75) is 33.2 Å². The Morgan fingerprint density at radius 1 is 1.59 bits per heavy atom. The Labute approximate surface area is 102 Å². The first kappa shape index (κ1) is 13.7. The normalized spacial score (nSPS) is 14.4. The smallest absolute Gasteiger partial charge is 0.254 e. The molecule has 2 atom stereocenters. The average Bonchev–Trinajstić information content (AvgIpc) is 2.69. The number of amides is 1. The van der Waals surface area contributed by atoms with Gasteiger partial charge in [0.15, 0.2) is 0 Å². The van der Waals surface area contributed by atoms with Crippen LogP contribution in [0.25, 0.3) is 0 Å². The molecule has 2 unspecified atom stereocenters. The molecule has 0 aliphatic carbocycles. The summed E-state index contributed by atoms with van der Waals surface area (Å²) in [6.45, 7) is 5.82. The van der Waals surface area contributed by atoms with Crippen molar-refractivity contribution in [3.8, 4) is 0 Å². The number of aromatic nitrogens is 2. The summed E-state index contributed by atoms with van der Waals surface area (Å²) in [6, 6.07) is -0.0580. The number of rotatable bonds is 5. The zero-order valence-electron chi connectivity index (χ0n) is 10.9. The molecule has 0 saturated carbocycles. The summed E-state index contributed by atoms with van der Waals surface area (Å²) in [5, 5.41) is 16.1. The summed E-state index contributed by atoms with van der Waals surface area (Å²) >= 11 is 0. The van der Waals surface area contributed by atoms with E-state index in [0.29, 0.717) is 5.56 Å². The fourth-order valence-electron chi connectivity index (χ4n) is 1.57. The van der Waals surface area contributed by atoms with Crippen molar-refractivity contribution in [3.05, 3.63) is 17.5 Å². The predicted molar refractivity (Wildman–Crippen MR) is 65.8 cm³/mol. The Morgan fingerprint density at radius 2 is 2.24 bits per heavy atom. The van der Waals surface area contributed by atoms with Crippen LogP contribution in [0, 0.1) is 5.92 Å². The van der Waals surface area contributed by atoms with Gasteiger partial charge >= 0.3 is 0 Å². The lowest BCUT2D eigenvalue weighted by atomic mass is 10.0. The summed E-state index contributed by atoms with van der Waals surface area (Å²) in [4.78, 5) is 12.0. The van der Waals surface area contributed by atoms with E-state index in [1.165, 1.54) is 0 Å². The third-order valence-electron chi connectivity index (χ3n) is 2.99. The standard InChI is InChI=1S/C12H21N3O2/c1-5-11-10(6-15(4)14-11)12(17)13-9(3)8(2)7-16/h6,8-9,16H,5,7H2,1-4H3,(H,13,17). The van der Waals surface area contributed by atoms with Gasteiger partial charge < -0.3 is 10.4 Å². The van der Waals surface area contributed by atoms with Gasteiger partial charge in [-0.2, -0.15) is 5.10 Å². The van der Waals surface area contributed by atoms with Crippen LogP contribution in [0.3, 0.4) is 0 Å². The van der Waals surface area contributed by atoms with Crippen molar-refractivity contribution in [1.29, 1.82) is 0 Å². The van der Waals surface area contributed by atoms with Crippen LogP contribution in [0.5, 0.6) is 0 Å². The molecular formula is C12H21N3O2. The third-order valence-corrected chi connectivity index (χ3v) is 2.99. The van der Waals surface area contributed by atoms with E-state index in [2.05, 4.69) is 10.4 Å². The minimum Gasteiger partial charge on any atom is -0.396 e. The quantitative estimate of drug-likeness (QED) is 0.796. The summed E-state index contributed by atoms with van der Waals surface area (Å²) < 4.78 is 1.65. The molecule has 0 aliphatic heterocycles. The van der Waals surface area contributed by atoms with Gasteiger partial charge in [-0.3, -0.25) is 9.48 Å². The maximum absolute atomic E-state index is 12.0. The van der Waals surface area contributed by atoms with Crippen LogP contribution >= 0.6 is 0 Å². The van der Waals surface area contributed by atoms with E-state index in [-0.39, 0.29) is 24.5 Å². The number of carbonyl (C=O) groups excluding carboxylic acids is 1. The fourth-order valence-corrected chi connectivity index (χ4v) is 1.57. The number of hydrogen-bond acceptors (Lipinski definition) is 3. The second-order valence-electron chi connectivity index (χ2n) is 4.44. The number of carbonyl (C=O) groups is 1. The largest absolute Gasteiger partial charge is 0.396 e. The van der Waals surface area contributed by atoms with Crippen LogP contribution < -0.4 is 5.32 Å². The van der Waals surface area contributed by atoms with Crippen LogP contribution in [0.1, 0.15) is 36.8 Å². The molecule has 0 aromatic carbocycles. The van der Waals surface area contributed by atoms with Crippen molar-refractivity contribution >= 4 is 5.91 Å². The van der Waals surface area contributed by atoms with Crippen LogP contribution in [0.4, 0.5) is 0 Å². The minimum absolute atomic E-state index is 0.0423. The molecule has 2 N–H and O–H groups in total. The molecule has 0 bridgehead atoms. The number of aryl methyl sites for hydroxylation is 2. The number of nitrogens with one attached hydrogen (secondary N) is 1. The second-order valence-corrected chi connectivity index (χ2v) is 4.44. The van der Waals surface area contributed by atoms with Crippen molar-refractivity contribution < 1.29 is 9.90 Å². The summed E-state index contributed by atoms with van der Waals surface area (Å²) in [5.74, 6) is -0.0801. The molecule has 0 aliphatic rings. The first-order valence-electron chi connectivity index (χ1n) is 5.93. The molecule has 0 fully saturated rings. The van der Waals surface area contributed by atoms with Crippen LogP contribution in [-0.4, -0.2) is 33.4 Å². The Balaban J connectivity index is 2.75. The Hall–Kier alpha value is -1.36. The second kappa shape index (κ2) is 5.82. The number of hydrogen-bond donors (Lipinski definition) is 2. The lowest BCUT2D eigenvalue weighted by Crippen LogP contribution is -2.38. The monoisotopic (exact) mass is 239 g/mol. The van der Waals surface area contributed by atoms with Crippen molar-refractivity contribution in [1.82, 2.24) is 15.1 Å². The summed E-state index contributed by atoms with van der Waals surface area (Å²) in [5.41, 5.74) is 1.42. The van der Waals surface area contributed by atoms with E-state index >= 15 is 0 Å². The summed E-state index contributed by atoms with van der Waals surface area (Å²) in [6.07, 6.45) is 2.46. The minimum atomic E-state index is -0.122. The zero-order chi connectivity index (χ0) is 13.0. The number of nitrogens with zero attached hydrogens (tertiary/aromatic N) is 2. The summed E-state index contributed by atoms with van der Waals surface area (Å²) in [7, 11) is 1.80. The number of aliphatic hydroxyl groups is 1. The van der Waals surface area contributed by atoms with E-state index < -0.39 is 0 Å². The first-order valence-corrected chi connectivity index (χ1v) is 5.93. The maximum Gasteiger partial charge on any atom is 0.254 e. The van der Waals surface area contributed by atoms with Crippen molar-refractivity contribution in [2.75, 3.05) is 6.61 Å². The lowest BCUT2D eigenvalue weighted by molar-refractivity contribution is 0.0915.